The third-order valence-electron chi connectivity index (χ3n) is 8.40. The molecule has 0 aliphatic carbocycles. The summed E-state index contributed by atoms with van der Waals surface area (Å²) < 4.78 is 0. The number of aliphatic carboxylic acids is 1. The second-order valence-corrected chi connectivity index (χ2v) is 12.4. The number of likely N-dealkylation sites (tertiary alicyclic amines) is 1. The Labute approximate surface area is 220 Å². The third kappa shape index (κ3) is 4.76. The van der Waals surface area contributed by atoms with Crippen molar-refractivity contribution >= 4 is 35.5 Å². The minimum absolute atomic E-state index is 0.0130. The van der Waals surface area contributed by atoms with Gasteiger partial charge in [0.1, 0.15) is 5.70 Å². The summed E-state index contributed by atoms with van der Waals surface area (Å²) in [6.07, 6.45) is 1.93. The maximum Gasteiger partial charge on any atom is 0.353 e. The molecule has 5 aliphatic rings. The number of carboxylic acid groups (broad SMARTS) is 1. The van der Waals surface area contributed by atoms with Gasteiger partial charge < -0.3 is 42.3 Å². The highest BCUT2D eigenvalue weighted by Gasteiger charge is 2.60. The first-order valence-electron chi connectivity index (χ1n) is 13.1. The van der Waals surface area contributed by atoms with E-state index in [1.807, 2.05) is 6.92 Å². The van der Waals surface area contributed by atoms with Crippen LogP contribution in [-0.4, -0.2) is 106 Å². The molecule has 0 aromatic rings. The molecule has 37 heavy (non-hydrogen) atoms. The van der Waals surface area contributed by atoms with Gasteiger partial charge in [-0.25, -0.2) is 4.79 Å². The SMILES string of the molecule is C[C@@H](NC(=O)[C@H]1C[C@H](N)CN1)[C@H]1C(=O)N2C(C(=O)O)=C(S[C@@H]3CN[C@H](C(=O)N4CC[C@@H](N)C4)C3)[C@H](C)[C@H]12. The van der Waals surface area contributed by atoms with Crippen LogP contribution in [-0.2, 0) is 19.2 Å². The van der Waals surface area contributed by atoms with Crippen molar-refractivity contribution in [2.45, 2.75) is 74.6 Å². The van der Waals surface area contributed by atoms with Crippen LogP contribution in [0.15, 0.2) is 10.6 Å². The molecule has 12 nitrogen and oxygen atoms in total. The topological polar surface area (TPSA) is 183 Å². The van der Waals surface area contributed by atoms with Gasteiger partial charge in [-0.05, 0) is 26.2 Å². The Morgan fingerprint density at radius 3 is 2.49 bits per heavy atom. The normalized spacial score (nSPS) is 38.1. The summed E-state index contributed by atoms with van der Waals surface area (Å²) in [6.45, 7) is 6.13. The standard InChI is InChI=1S/C24H37N7O5S/c1-10-18-17(11(2)29-21(32)15-5-13(26)7-27-15)23(34)31(18)19(24(35)36)20(10)37-14-6-16(28-8-14)22(33)30-4-3-12(25)9-30/h10-18,27-28H,3-9,25-26H2,1-2H3,(H,29,32)(H,35,36)/t10-,11-,12-,13+,14+,15-,16+,17-,18-/m1/s1. The molecule has 0 spiro atoms. The molecule has 0 aromatic carbocycles. The highest BCUT2D eigenvalue weighted by atomic mass is 32.2. The lowest BCUT2D eigenvalue weighted by molar-refractivity contribution is -0.158. The summed E-state index contributed by atoms with van der Waals surface area (Å²) >= 11 is 1.46. The lowest BCUT2D eigenvalue weighted by Gasteiger charge is -2.47. The van der Waals surface area contributed by atoms with Crippen molar-refractivity contribution in [1.82, 2.24) is 25.8 Å². The predicted molar refractivity (Wildman–Crippen MR) is 137 cm³/mol. The van der Waals surface area contributed by atoms with Crippen LogP contribution in [0.3, 0.4) is 0 Å². The second kappa shape index (κ2) is 10.2. The molecule has 0 radical (unpaired) electrons. The van der Waals surface area contributed by atoms with Crippen LogP contribution >= 0.6 is 11.8 Å². The average molecular weight is 536 g/mol. The zero-order valence-electron chi connectivity index (χ0n) is 21.2. The molecule has 5 heterocycles. The molecule has 0 unspecified atom stereocenters. The largest absolute Gasteiger partial charge is 0.477 e. The van der Waals surface area contributed by atoms with Gasteiger partial charge in [-0.2, -0.15) is 0 Å². The number of rotatable bonds is 7. The van der Waals surface area contributed by atoms with Gasteiger partial charge in [-0.1, -0.05) is 6.92 Å². The van der Waals surface area contributed by atoms with Gasteiger partial charge in [0, 0.05) is 60.4 Å². The van der Waals surface area contributed by atoms with E-state index in [4.69, 9.17) is 11.5 Å². The Balaban J connectivity index is 1.23. The van der Waals surface area contributed by atoms with E-state index in [9.17, 15) is 24.3 Å². The molecule has 5 rings (SSSR count). The number of thioether (sulfide) groups is 1. The Morgan fingerprint density at radius 1 is 1.14 bits per heavy atom. The second-order valence-electron chi connectivity index (χ2n) is 11.1. The third-order valence-corrected chi connectivity index (χ3v) is 9.91. The van der Waals surface area contributed by atoms with Gasteiger partial charge >= 0.3 is 5.97 Å². The molecule has 13 heteroatoms. The van der Waals surface area contributed by atoms with E-state index < -0.39 is 17.9 Å². The van der Waals surface area contributed by atoms with Crippen LogP contribution < -0.4 is 27.4 Å². The molecule has 8 N–H and O–H groups in total. The van der Waals surface area contributed by atoms with E-state index >= 15 is 0 Å². The van der Waals surface area contributed by atoms with E-state index in [1.54, 1.807) is 11.8 Å². The van der Waals surface area contributed by atoms with Crippen molar-refractivity contribution in [2.75, 3.05) is 26.2 Å². The van der Waals surface area contributed by atoms with Gasteiger partial charge in [0.05, 0.1) is 24.0 Å². The van der Waals surface area contributed by atoms with Crippen molar-refractivity contribution in [3.63, 3.8) is 0 Å². The fourth-order valence-corrected chi connectivity index (χ4v) is 7.92. The van der Waals surface area contributed by atoms with E-state index in [0.717, 1.165) is 6.42 Å². The zero-order chi connectivity index (χ0) is 26.6. The number of carboxylic acids is 1. The predicted octanol–water partition coefficient (Wildman–Crippen LogP) is -2.02. The number of β-lactam (4-membered cyclic amide) rings is 1. The Hall–Kier alpha value is -2.19. The molecule has 9 atom stereocenters. The first-order chi connectivity index (χ1) is 17.6. The smallest absolute Gasteiger partial charge is 0.353 e. The van der Waals surface area contributed by atoms with Crippen molar-refractivity contribution in [3.8, 4) is 0 Å². The molecular weight excluding hydrogens is 498 g/mol. The first-order valence-corrected chi connectivity index (χ1v) is 14.0. The molecule has 0 bridgehead atoms. The molecule has 0 saturated carbocycles. The van der Waals surface area contributed by atoms with Crippen LogP contribution in [0.2, 0.25) is 0 Å². The maximum atomic E-state index is 13.2. The van der Waals surface area contributed by atoms with Crippen LogP contribution in [0, 0.1) is 11.8 Å². The number of carbonyl (C=O) groups is 4. The number of carbonyl (C=O) groups excluding carboxylic acids is 3. The van der Waals surface area contributed by atoms with Gasteiger partial charge in [0.2, 0.25) is 17.7 Å². The Bertz CT molecular complexity index is 1020. The van der Waals surface area contributed by atoms with Crippen LogP contribution in [0.5, 0.6) is 0 Å². The molecule has 3 amide bonds. The maximum absolute atomic E-state index is 13.2. The quantitative estimate of drug-likeness (QED) is 0.199. The van der Waals surface area contributed by atoms with E-state index in [-0.39, 0.29) is 64.8 Å². The minimum atomic E-state index is -1.13. The number of nitrogens with zero attached hydrogens (tertiary/aromatic N) is 2. The lowest BCUT2D eigenvalue weighted by Crippen LogP contribution is -2.66. The number of amides is 3. The summed E-state index contributed by atoms with van der Waals surface area (Å²) in [5, 5.41) is 19.4. The Morgan fingerprint density at radius 2 is 1.86 bits per heavy atom. The summed E-state index contributed by atoms with van der Waals surface area (Å²) in [4.78, 5) is 54.8. The average Bonchev–Trinajstić information content (AvgIpc) is 3.62. The summed E-state index contributed by atoms with van der Waals surface area (Å²) in [5.41, 5.74) is 11.9. The van der Waals surface area contributed by atoms with Gasteiger partial charge in [0.15, 0.2) is 0 Å². The fraction of sp³-hybridized carbons (Fsp3) is 0.750. The number of nitrogens with one attached hydrogen (secondary N) is 3. The van der Waals surface area contributed by atoms with Crippen LogP contribution in [0.1, 0.15) is 33.1 Å². The number of hydrogen-bond donors (Lipinski definition) is 6. The highest BCUT2D eigenvalue weighted by molar-refractivity contribution is 8.03. The van der Waals surface area contributed by atoms with E-state index in [0.29, 0.717) is 43.9 Å². The van der Waals surface area contributed by atoms with Gasteiger partial charge in [-0.3, -0.25) is 14.4 Å². The van der Waals surface area contributed by atoms with Crippen molar-refractivity contribution in [3.05, 3.63) is 10.6 Å². The Kier molecular flexibility index (Phi) is 7.26. The van der Waals surface area contributed by atoms with Crippen molar-refractivity contribution < 1.29 is 24.3 Å². The number of fused-ring (bicyclic) bond motifs is 1. The first kappa shape index (κ1) is 26.4. The fourth-order valence-electron chi connectivity index (χ4n) is 6.44. The molecule has 5 aliphatic heterocycles. The summed E-state index contributed by atoms with van der Waals surface area (Å²) in [7, 11) is 0. The lowest BCUT2D eigenvalue weighted by atomic mass is 9.78. The van der Waals surface area contributed by atoms with E-state index in [1.165, 1.54) is 16.7 Å². The van der Waals surface area contributed by atoms with E-state index in [2.05, 4.69) is 16.0 Å². The molecule has 204 valence electrons. The van der Waals surface area contributed by atoms with Crippen molar-refractivity contribution in [2.24, 2.45) is 23.3 Å². The number of nitrogens with two attached hydrogens (primary N) is 2. The molecule has 4 fully saturated rings. The summed E-state index contributed by atoms with van der Waals surface area (Å²) in [6, 6.07) is -1.52. The van der Waals surface area contributed by atoms with Gasteiger partial charge in [0.25, 0.3) is 0 Å². The number of hydrogen-bond acceptors (Lipinski definition) is 9. The van der Waals surface area contributed by atoms with Crippen LogP contribution in [0.25, 0.3) is 0 Å². The monoisotopic (exact) mass is 535 g/mol. The van der Waals surface area contributed by atoms with Crippen molar-refractivity contribution in [1.29, 1.82) is 0 Å². The van der Waals surface area contributed by atoms with Crippen LogP contribution in [0.4, 0.5) is 0 Å². The van der Waals surface area contributed by atoms with Gasteiger partial charge in [-0.15, -0.1) is 11.8 Å². The summed E-state index contributed by atoms with van der Waals surface area (Å²) in [5.74, 6) is -2.25. The molecule has 0 aromatic heterocycles. The molecule has 4 saturated heterocycles. The highest BCUT2D eigenvalue weighted by Crippen LogP contribution is 2.51. The minimum Gasteiger partial charge on any atom is -0.477 e. The molecular formula is C24H37N7O5S. The zero-order valence-corrected chi connectivity index (χ0v) is 22.0.